The average molecular weight is 192 g/mol. The molecule has 0 unspecified atom stereocenters. The summed E-state index contributed by atoms with van der Waals surface area (Å²) in [7, 11) is 0. The molecule has 0 amide bonds. The Morgan fingerprint density at radius 2 is 2.36 bits per heavy atom. The molecule has 0 bridgehead atoms. The van der Waals surface area contributed by atoms with Crippen LogP contribution in [0.25, 0.3) is 0 Å². The monoisotopic (exact) mass is 192 g/mol. The van der Waals surface area contributed by atoms with Crippen molar-refractivity contribution in [2.75, 3.05) is 0 Å². The van der Waals surface area contributed by atoms with Crippen LogP contribution >= 0.6 is 0 Å². The van der Waals surface area contributed by atoms with Crippen LogP contribution in [-0.4, -0.2) is 16.4 Å². The van der Waals surface area contributed by atoms with E-state index in [1.807, 2.05) is 12.1 Å². The minimum absolute atomic E-state index is 0.687. The van der Waals surface area contributed by atoms with E-state index in [1.165, 1.54) is 6.21 Å². The van der Waals surface area contributed by atoms with Crippen molar-refractivity contribution in [3.8, 4) is 0 Å². The fourth-order valence-electron chi connectivity index (χ4n) is 1.22. The van der Waals surface area contributed by atoms with E-state index >= 15 is 0 Å². The maximum absolute atomic E-state index is 8.38. The van der Waals surface area contributed by atoms with Gasteiger partial charge in [-0.3, -0.25) is 4.98 Å². The summed E-state index contributed by atoms with van der Waals surface area (Å²) in [5.41, 5.74) is 1.94. The zero-order valence-electron chi connectivity index (χ0n) is 8.64. The van der Waals surface area contributed by atoms with Gasteiger partial charge in [-0.2, -0.15) is 0 Å². The molecule has 0 aliphatic carbocycles. The number of nitrogens with zero attached hydrogens (tertiary/aromatic N) is 2. The molecule has 1 heterocycles. The van der Waals surface area contributed by atoms with E-state index in [0.717, 1.165) is 24.1 Å². The summed E-state index contributed by atoms with van der Waals surface area (Å²) >= 11 is 0. The summed E-state index contributed by atoms with van der Waals surface area (Å²) < 4.78 is 0. The number of rotatable bonds is 4. The molecule has 14 heavy (non-hydrogen) atoms. The molecule has 0 aromatic carbocycles. The molecular weight excluding hydrogens is 176 g/mol. The highest BCUT2D eigenvalue weighted by atomic mass is 16.4. The predicted molar refractivity (Wildman–Crippen MR) is 56.8 cm³/mol. The Hall–Kier alpha value is -1.38. The molecule has 0 spiro atoms. The van der Waals surface area contributed by atoms with Crippen LogP contribution in [0.1, 0.15) is 31.5 Å². The van der Waals surface area contributed by atoms with Gasteiger partial charge in [-0.25, -0.2) is 0 Å². The van der Waals surface area contributed by atoms with Crippen LogP contribution in [0.2, 0.25) is 0 Å². The number of hydrogen-bond donors (Lipinski definition) is 1. The van der Waals surface area contributed by atoms with Crippen LogP contribution in [0.15, 0.2) is 23.5 Å². The smallest absolute Gasteiger partial charge is 0.0735 e. The molecule has 0 aliphatic rings. The molecule has 3 nitrogen and oxygen atoms in total. The molecule has 0 radical (unpaired) electrons. The van der Waals surface area contributed by atoms with Gasteiger partial charge in [0.15, 0.2) is 0 Å². The highest BCUT2D eigenvalue weighted by Gasteiger charge is 1.98. The fourth-order valence-corrected chi connectivity index (χ4v) is 1.22. The Bertz CT molecular complexity index is 308. The third-order valence-electron chi connectivity index (χ3n) is 2.03. The second-order valence-electron chi connectivity index (χ2n) is 3.76. The van der Waals surface area contributed by atoms with Gasteiger partial charge in [0.25, 0.3) is 0 Å². The minimum atomic E-state index is 0.687. The Balaban J connectivity index is 2.63. The molecule has 0 aliphatic heterocycles. The van der Waals surface area contributed by atoms with Crippen LogP contribution < -0.4 is 0 Å². The van der Waals surface area contributed by atoms with Gasteiger partial charge in [-0.15, -0.1) is 0 Å². The Labute approximate surface area is 84.5 Å². The number of aromatic nitrogens is 1. The van der Waals surface area contributed by atoms with Gasteiger partial charge < -0.3 is 5.21 Å². The summed E-state index contributed by atoms with van der Waals surface area (Å²) in [5, 5.41) is 11.4. The second-order valence-corrected chi connectivity index (χ2v) is 3.76. The first-order valence-corrected chi connectivity index (χ1v) is 4.84. The summed E-state index contributed by atoms with van der Waals surface area (Å²) in [6.45, 7) is 4.39. The average Bonchev–Trinajstić information content (AvgIpc) is 2.16. The van der Waals surface area contributed by atoms with Crippen molar-refractivity contribution >= 4 is 6.21 Å². The number of oxime groups is 1. The fraction of sp³-hybridized carbons (Fsp3) is 0.455. The van der Waals surface area contributed by atoms with Crippen molar-refractivity contribution in [2.45, 2.75) is 26.7 Å². The van der Waals surface area contributed by atoms with E-state index in [4.69, 9.17) is 5.21 Å². The first kappa shape index (κ1) is 10.7. The predicted octanol–water partition coefficient (Wildman–Crippen LogP) is 2.48. The topological polar surface area (TPSA) is 45.5 Å². The first-order chi connectivity index (χ1) is 6.72. The summed E-state index contributed by atoms with van der Waals surface area (Å²) in [5.74, 6) is 0.687. The highest BCUT2D eigenvalue weighted by molar-refractivity contribution is 5.78. The maximum atomic E-state index is 8.38. The third-order valence-corrected chi connectivity index (χ3v) is 2.03. The van der Waals surface area contributed by atoms with E-state index in [0.29, 0.717) is 5.92 Å². The lowest BCUT2D eigenvalue weighted by atomic mass is 10.1. The van der Waals surface area contributed by atoms with Crippen LogP contribution in [0.4, 0.5) is 0 Å². The SMILES string of the molecule is CC(C)CCc1cc(/C=N/O)ccn1. The Morgan fingerprint density at radius 3 is 3.00 bits per heavy atom. The molecular formula is C11H16N2O. The van der Waals surface area contributed by atoms with Crippen molar-refractivity contribution in [1.29, 1.82) is 0 Å². The van der Waals surface area contributed by atoms with Crippen molar-refractivity contribution in [3.05, 3.63) is 29.6 Å². The standard InChI is InChI=1S/C11H16N2O/c1-9(2)3-4-11-7-10(8-13-14)5-6-12-11/h5-9,14H,3-4H2,1-2H3/b13-8+. The first-order valence-electron chi connectivity index (χ1n) is 4.84. The van der Waals surface area contributed by atoms with Crippen molar-refractivity contribution < 1.29 is 5.21 Å². The lowest BCUT2D eigenvalue weighted by Crippen LogP contribution is -1.96. The lowest BCUT2D eigenvalue weighted by molar-refractivity contribution is 0.322. The highest BCUT2D eigenvalue weighted by Crippen LogP contribution is 2.07. The summed E-state index contributed by atoms with van der Waals surface area (Å²) in [6.07, 6.45) is 5.27. The van der Waals surface area contributed by atoms with Crippen molar-refractivity contribution in [1.82, 2.24) is 4.98 Å². The molecule has 0 saturated heterocycles. The summed E-state index contributed by atoms with van der Waals surface area (Å²) in [6, 6.07) is 3.76. The molecule has 1 rings (SSSR count). The zero-order chi connectivity index (χ0) is 10.4. The quantitative estimate of drug-likeness (QED) is 0.452. The molecule has 3 heteroatoms. The zero-order valence-corrected chi connectivity index (χ0v) is 8.64. The minimum Gasteiger partial charge on any atom is -0.411 e. The second kappa shape index (κ2) is 5.37. The van der Waals surface area contributed by atoms with Gasteiger partial charge in [0.2, 0.25) is 0 Å². The maximum Gasteiger partial charge on any atom is 0.0735 e. The number of aryl methyl sites for hydroxylation is 1. The van der Waals surface area contributed by atoms with Crippen LogP contribution in [0.5, 0.6) is 0 Å². The normalized spacial score (nSPS) is 11.4. The molecule has 1 N–H and O–H groups in total. The van der Waals surface area contributed by atoms with Gasteiger partial charge >= 0.3 is 0 Å². The molecule has 1 aromatic heterocycles. The Morgan fingerprint density at radius 1 is 1.57 bits per heavy atom. The van der Waals surface area contributed by atoms with Crippen molar-refractivity contribution in [3.63, 3.8) is 0 Å². The van der Waals surface area contributed by atoms with Gasteiger partial charge in [0.05, 0.1) is 6.21 Å². The molecule has 0 atom stereocenters. The van der Waals surface area contributed by atoms with E-state index in [-0.39, 0.29) is 0 Å². The van der Waals surface area contributed by atoms with Crippen LogP contribution in [0, 0.1) is 5.92 Å². The number of pyridine rings is 1. The van der Waals surface area contributed by atoms with E-state index < -0.39 is 0 Å². The van der Waals surface area contributed by atoms with E-state index in [1.54, 1.807) is 6.20 Å². The van der Waals surface area contributed by atoms with Gasteiger partial charge in [0, 0.05) is 11.9 Å². The van der Waals surface area contributed by atoms with Gasteiger partial charge in [0.1, 0.15) is 0 Å². The van der Waals surface area contributed by atoms with Crippen LogP contribution in [-0.2, 0) is 6.42 Å². The van der Waals surface area contributed by atoms with Crippen LogP contribution in [0.3, 0.4) is 0 Å². The van der Waals surface area contributed by atoms with E-state index in [9.17, 15) is 0 Å². The van der Waals surface area contributed by atoms with Gasteiger partial charge in [-0.05, 0) is 36.5 Å². The molecule has 0 saturated carbocycles. The summed E-state index contributed by atoms with van der Waals surface area (Å²) in [4.78, 5) is 4.25. The number of hydrogen-bond acceptors (Lipinski definition) is 3. The van der Waals surface area contributed by atoms with Gasteiger partial charge in [-0.1, -0.05) is 19.0 Å². The molecule has 1 aromatic rings. The van der Waals surface area contributed by atoms with Crippen molar-refractivity contribution in [2.24, 2.45) is 11.1 Å². The van der Waals surface area contributed by atoms with E-state index in [2.05, 4.69) is 24.0 Å². The lowest BCUT2D eigenvalue weighted by Gasteiger charge is -2.03. The third kappa shape index (κ3) is 3.56. The molecule has 0 fully saturated rings. The molecule has 76 valence electrons. The Kier molecular flexibility index (Phi) is 4.11. The largest absolute Gasteiger partial charge is 0.411 e.